The molecule has 4 heteroatoms. The number of hydrogen-bond donors (Lipinski definition) is 2. The summed E-state index contributed by atoms with van der Waals surface area (Å²) in [6.45, 7) is 0. The van der Waals surface area contributed by atoms with Crippen molar-refractivity contribution in [1.29, 1.82) is 5.26 Å². The third-order valence-electron chi connectivity index (χ3n) is 1.81. The minimum atomic E-state index is -0.678. The Morgan fingerprint density at radius 2 is 2.33 bits per heavy atom. The van der Waals surface area contributed by atoms with Crippen LogP contribution in [0.5, 0.6) is 5.75 Å². The zero-order valence-electron chi connectivity index (χ0n) is 7.97. The highest BCUT2D eigenvalue weighted by Gasteiger charge is 2.06. The van der Waals surface area contributed by atoms with E-state index < -0.39 is 5.91 Å². The number of carbonyl (C=O) groups is 1. The molecule has 0 aliphatic heterocycles. The summed E-state index contributed by atoms with van der Waals surface area (Å²) in [7, 11) is 0. The zero-order valence-corrected chi connectivity index (χ0v) is 7.97. The molecule has 1 aromatic rings. The van der Waals surface area contributed by atoms with E-state index in [2.05, 4.69) is 0 Å². The van der Waals surface area contributed by atoms with Crippen molar-refractivity contribution in [3.8, 4) is 11.8 Å². The summed E-state index contributed by atoms with van der Waals surface area (Å²) in [5.41, 5.74) is 5.86. The van der Waals surface area contributed by atoms with Crippen LogP contribution >= 0.6 is 0 Å². The number of carbonyl (C=O) groups excluding carboxylic acids is 1. The molecule has 0 spiro atoms. The van der Waals surface area contributed by atoms with Gasteiger partial charge in [0.2, 0.25) is 0 Å². The normalized spacial score (nSPS) is 10.1. The van der Waals surface area contributed by atoms with Gasteiger partial charge in [-0.05, 0) is 17.7 Å². The standard InChI is InChI=1S/C11H10N2O2/c12-6-2-1-3-8-4-5-10(14)9(7-8)11(13)15/h1,3-5,7,14H,2H2,(H2,13,15). The Balaban J connectivity index is 2.98. The van der Waals surface area contributed by atoms with Crippen LogP contribution in [0.25, 0.3) is 6.08 Å². The van der Waals surface area contributed by atoms with Gasteiger partial charge in [-0.2, -0.15) is 5.26 Å². The Bertz CT molecular complexity index is 444. The van der Waals surface area contributed by atoms with Crippen LogP contribution < -0.4 is 5.73 Å². The van der Waals surface area contributed by atoms with Gasteiger partial charge in [0.05, 0.1) is 18.1 Å². The van der Waals surface area contributed by atoms with E-state index in [1.165, 1.54) is 12.1 Å². The Morgan fingerprint density at radius 3 is 2.93 bits per heavy atom. The third-order valence-corrected chi connectivity index (χ3v) is 1.81. The van der Waals surface area contributed by atoms with E-state index >= 15 is 0 Å². The molecule has 0 aliphatic carbocycles. The lowest BCUT2D eigenvalue weighted by atomic mass is 10.1. The molecule has 1 aromatic carbocycles. The minimum Gasteiger partial charge on any atom is -0.507 e. The molecule has 0 bridgehead atoms. The van der Waals surface area contributed by atoms with Gasteiger partial charge >= 0.3 is 0 Å². The van der Waals surface area contributed by atoms with E-state index in [1.54, 1.807) is 18.2 Å². The number of hydrogen-bond acceptors (Lipinski definition) is 3. The molecular formula is C11H10N2O2. The van der Waals surface area contributed by atoms with Gasteiger partial charge in [0.25, 0.3) is 5.91 Å². The first kappa shape index (κ1) is 10.8. The summed E-state index contributed by atoms with van der Waals surface area (Å²) in [6.07, 6.45) is 3.65. The summed E-state index contributed by atoms with van der Waals surface area (Å²) in [5.74, 6) is -0.817. The van der Waals surface area contributed by atoms with Crippen molar-refractivity contribution in [1.82, 2.24) is 0 Å². The number of primary amides is 1. The van der Waals surface area contributed by atoms with Crippen LogP contribution in [0.2, 0.25) is 0 Å². The number of allylic oxidation sites excluding steroid dienone is 1. The van der Waals surface area contributed by atoms with Crippen LogP contribution in [-0.2, 0) is 0 Å². The van der Waals surface area contributed by atoms with Crippen molar-refractivity contribution < 1.29 is 9.90 Å². The highest BCUT2D eigenvalue weighted by molar-refractivity contribution is 5.96. The molecule has 0 heterocycles. The smallest absolute Gasteiger partial charge is 0.252 e. The lowest BCUT2D eigenvalue weighted by Crippen LogP contribution is -2.11. The molecule has 0 saturated heterocycles. The number of amides is 1. The van der Waals surface area contributed by atoms with E-state index in [9.17, 15) is 9.90 Å². The molecule has 0 saturated carbocycles. The SMILES string of the molecule is N#CCC=Cc1ccc(O)c(C(N)=O)c1. The molecule has 1 rings (SSSR count). The average Bonchev–Trinajstić information content (AvgIpc) is 2.20. The van der Waals surface area contributed by atoms with E-state index in [4.69, 9.17) is 11.0 Å². The molecule has 0 fully saturated rings. The van der Waals surface area contributed by atoms with Crippen LogP contribution in [-0.4, -0.2) is 11.0 Å². The Labute approximate surface area is 87.3 Å². The molecule has 0 aromatic heterocycles. The fourth-order valence-corrected chi connectivity index (χ4v) is 1.10. The van der Waals surface area contributed by atoms with Gasteiger partial charge in [0.1, 0.15) is 5.75 Å². The van der Waals surface area contributed by atoms with Gasteiger partial charge in [0, 0.05) is 0 Å². The van der Waals surface area contributed by atoms with Crippen molar-refractivity contribution >= 4 is 12.0 Å². The zero-order chi connectivity index (χ0) is 11.3. The van der Waals surface area contributed by atoms with Crippen molar-refractivity contribution in [2.75, 3.05) is 0 Å². The van der Waals surface area contributed by atoms with Crippen LogP contribution in [0.4, 0.5) is 0 Å². The molecule has 4 nitrogen and oxygen atoms in total. The summed E-state index contributed by atoms with van der Waals surface area (Å²) in [5, 5.41) is 17.6. The molecule has 0 unspecified atom stereocenters. The summed E-state index contributed by atoms with van der Waals surface area (Å²) < 4.78 is 0. The number of phenols is 1. The monoisotopic (exact) mass is 202 g/mol. The number of benzene rings is 1. The molecule has 0 atom stereocenters. The molecule has 0 aliphatic rings. The number of rotatable bonds is 3. The highest BCUT2D eigenvalue weighted by Crippen LogP contribution is 2.18. The first-order valence-corrected chi connectivity index (χ1v) is 4.31. The molecular weight excluding hydrogens is 192 g/mol. The fraction of sp³-hybridized carbons (Fsp3) is 0.0909. The van der Waals surface area contributed by atoms with E-state index in [0.29, 0.717) is 6.42 Å². The van der Waals surface area contributed by atoms with Crippen LogP contribution in [0.15, 0.2) is 24.3 Å². The number of nitriles is 1. The summed E-state index contributed by atoms with van der Waals surface area (Å²) >= 11 is 0. The van der Waals surface area contributed by atoms with Gasteiger partial charge in [-0.3, -0.25) is 4.79 Å². The summed E-state index contributed by atoms with van der Waals surface area (Å²) in [4.78, 5) is 10.9. The largest absolute Gasteiger partial charge is 0.507 e. The highest BCUT2D eigenvalue weighted by atomic mass is 16.3. The maximum absolute atomic E-state index is 10.9. The Morgan fingerprint density at radius 1 is 1.60 bits per heavy atom. The average molecular weight is 202 g/mol. The van der Waals surface area contributed by atoms with Crippen LogP contribution in [0.3, 0.4) is 0 Å². The number of aromatic hydroxyl groups is 1. The molecule has 1 amide bonds. The maximum Gasteiger partial charge on any atom is 0.252 e. The van der Waals surface area contributed by atoms with Crippen molar-refractivity contribution in [3.63, 3.8) is 0 Å². The summed E-state index contributed by atoms with van der Waals surface area (Å²) in [6, 6.07) is 6.47. The molecule has 0 radical (unpaired) electrons. The lowest BCUT2D eigenvalue weighted by Gasteiger charge is -2.01. The van der Waals surface area contributed by atoms with Gasteiger partial charge in [-0.25, -0.2) is 0 Å². The van der Waals surface area contributed by atoms with Crippen LogP contribution in [0.1, 0.15) is 22.3 Å². The second kappa shape index (κ2) is 4.82. The second-order valence-corrected chi connectivity index (χ2v) is 2.91. The van der Waals surface area contributed by atoms with Crippen molar-refractivity contribution in [2.24, 2.45) is 5.73 Å². The first-order valence-electron chi connectivity index (χ1n) is 4.31. The molecule has 15 heavy (non-hydrogen) atoms. The molecule has 76 valence electrons. The Hall–Kier alpha value is -2.28. The fourth-order valence-electron chi connectivity index (χ4n) is 1.10. The number of nitrogens with two attached hydrogens (primary N) is 1. The third kappa shape index (κ3) is 2.85. The lowest BCUT2D eigenvalue weighted by molar-refractivity contribution is 0.0998. The van der Waals surface area contributed by atoms with E-state index in [0.717, 1.165) is 5.56 Å². The van der Waals surface area contributed by atoms with E-state index in [1.807, 2.05) is 6.07 Å². The predicted molar refractivity (Wildman–Crippen MR) is 55.9 cm³/mol. The van der Waals surface area contributed by atoms with Crippen molar-refractivity contribution in [3.05, 3.63) is 35.4 Å². The topological polar surface area (TPSA) is 87.1 Å². The minimum absolute atomic E-state index is 0.0779. The second-order valence-electron chi connectivity index (χ2n) is 2.91. The Kier molecular flexibility index (Phi) is 3.47. The van der Waals surface area contributed by atoms with Crippen LogP contribution in [0, 0.1) is 11.3 Å². The van der Waals surface area contributed by atoms with Crippen molar-refractivity contribution in [2.45, 2.75) is 6.42 Å². The van der Waals surface area contributed by atoms with Gasteiger partial charge in [0.15, 0.2) is 0 Å². The van der Waals surface area contributed by atoms with E-state index in [-0.39, 0.29) is 11.3 Å². The van der Waals surface area contributed by atoms with Gasteiger partial charge in [-0.15, -0.1) is 0 Å². The van der Waals surface area contributed by atoms with Gasteiger partial charge < -0.3 is 10.8 Å². The first-order chi connectivity index (χ1) is 7.15. The quantitative estimate of drug-likeness (QED) is 0.776. The predicted octanol–water partition coefficient (Wildman–Crippen LogP) is 1.42. The maximum atomic E-state index is 10.9. The number of nitrogens with zero attached hydrogens (tertiary/aromatic N) is 1. The molecule has 3 N–H and O–H groups in total. The van der Waals surface area contributed by atoms with Gasteiger partial charge in [-0.1, -0.05) is 18.2 Å².